The lowest BCUT2D eigenvalue weighted by molar-refractivity contribution is 0.479. The van der Waals surface area contributed by atoms with Crippen LogP contribution in [0, 0.1) is 0 Å². The minimum atomic E-state index is -0.643. The lowest BCUT2D eigenvalue weighted by Crippen LogP contribution is -2.62. The molecule has 0 amide bonds. The quantitative estimate of drug-likeness (QED) is 0.166. The highest BCUT2D eigenvalue weighted by Crippen LogP contribution is 2.82. The number of rotatable bonds is 4. The van der Waals surface area contributed by atoms with Crippen LogP contribution in [0.25, 0.3) is 33.4 Å². The number of aryl methyl sites for hydroxylation is 8. The van der Waals surface area contributed by atoms with Crippen LogP contribution in [0.1, 0.15) is 89.0 Å². The van der Waals surface area contributed by atoms with E-state index >= 15 is 0 Å². The zero-order valence-electron chi connectivity index (χ0n) is 36.1. The van der Waals surface area contributed by atoms with Crippen molar-refractivity contribution in [1.82, 2.24) is 0 Å². The summed E-state index contributed by atoms with van der Waals surface area (Å²) >= 11 is 0. The Kier molecular flexibility index (Phi) is 7.83. The van der Waals surface area contributed by atoms with Crippen molar-refractivity contribution in [2.24, 2.45) is 0 Å². The average molecular weight is 817 g/mol. The minimum absolute atomic E-state index is 0.633. The second-order valence-electron chi connectivity index (χ2n) is 19.2. The molecule has 0 radical (unpaired) electrons. The fourth-order valence-electron chi connectivity index (χ4n) is 13.5. The summed E-state index contributed by atoms with van der Waals surface area (Å²) in [6.45, 7) is 0. The summed E-state index contributed by atoms with van der Waals surface area (Å²) in [6.07, 6.45) is 8.06. The molecule has 14 rings (SSSR count). The first kappa shape index (κ1) is 36.5. The van der Waals surface area contributed by atoms with Gasteiger partial charge in [-0.3, -0.25) is 0 Å². The van der Waals surface area contributed by atoms with Crippen LogP contribution in [0.2, 0.25) is 0 Å². The van der Waals surface area contributed by atoms with E-state index in [-0.39, 0.29) is 0 Å². The molecule has 8 aromatic rings. The summed E-state index contributed by atoms with van der Waals surface area (Å²) in [5.74, 6) is 0. The zero-order chi connectivity index (χ0) is 42.0. The van der Waals surface area contributed by atoms with Crippen LogP contribution in [0.4, 0.5) is 0 Å². The van der Waals surface area contributed by atoms with Gasteiger partial charge in [0, 0.05) is 0 Å². The maximum atomic E-state index is 2.72. The van der Waals surface area contributed by atoms with Gasteiger partial charge in [-0.15, -0.1) is 0 Å². The summed E-state index contributed by atoms with van der Waals surface area (Å²) in [6, 6.07) is 77.1. The van der Waals surface area contributed by atoms with Gasteiger partial charge in [0.05, 0.1) is 10.8 Å². The summed E-state index contributed by atoms with van der Waals surface area (Å²) in [5.41, 5.74) is 30.0. The Morgan fingerprint density at radius 1 is 0.250 bits per heavy atom. The largest absolute Gasteiger partial charge is 0.0654 e. The van der Waals surface area contributed by atoms with Gasteiger partial charge in [0.2, 0.25) is 0 Å². The molecular weight excluding hydrogens is 769 g/mol. The highest BCUT2D eigenvalue weighted by atomic mass is 14.7. The predicted molar refractivity (Wildman–Crippen MR) is 265 cm³/mol. The Bertz CT molecular complexity index is 3340. The zero-order valence-corrected chi connectivity index (χ0v) is 36.1. The maximum Gasteiger partial charge on any atom is 0.0654 e. The monoisotopic (exact) mass is 816 g/mol. The Labute approximate surface area is 377 Å². The van der Waals surface area contributed by atoms with E-state index in [0.717, 1.165) is 51.4 Å². The van der Waals surface area contributed by atoms with Gasteiger partial charge in [0.15, 0.2) is 0 Å². The molecular formula is C64H48. The normalized spacial score (nSPS) is 20.9. The van der Waals surface area contributed by atoms with E-state index in [1.807, 2.05) is 0 Å². The number of allylic oxidation sites excluding steroid dienone is 6. The van der Waals surface area contributed by atoms with Crippen molar-refractivity contribution in [3.05, 3.63) is 283 Å². The third-order valence-electron chi connectivity index (χ3n) is 16.1. The minimum Gasteiger partial charge on any atom is -0.0622 e. The van der Waals surface area contributed by atoms with Crippen molar-refractivity contribution in [2.75, 3.05) is 0 Å². The molecule has 6 aliphatic carbocycles. The second kappa shape index (κ2) is 13.7. The molecule has 0 saturated heterocycles. The molecule has 0 spiro atoms. The average Bonchev–Trinajstić information content (AvgIpc) is 3.33. The smallest absolute Gasteiger partial charge is 0.0622 e. The topological polar surface area (TPSA) is 0 Å². The van der Waals surface area contributed by atoms with Crippen LogP contribution in [0.3, 0.4) is 0 Å². The predicted octanol–water partition coefficient (Wildman–Crippen LogP) is 14.1. The van der Waals surface area contributed by atoms with Gasteiger partial charge in [-0.25, -0.2) is 0 Å². The lowest BCUT2D eigenvalue weighted by atomic mass is 9.31. The summed E-state index contributed by atoms with van der Waals surface area (Å²) in [7, 11) is 0. The van der Waals surface area contributed by atoms with Gasteiger partial charge in [0.25, 0.3) is 0 Å². The fraction of sp³-hybridized carbons (Fsp3) is 0.156. The van der Waals surface area contributed by atoms with E-state index in [1.165, 1.54) is 122 Å². The van der Waals surface area contributed by atoms with Gasteiger partial charge in [-0.2, -0.15) is 0 Å². The number of benzene rings is 8. The molecule has 0 aromatic heterocycles. The van der Waals surface area contributed by atoms with E-state index < -0.39 is 10.8 Å². The highest BCUT2D eigenvalue weighted by molar-refractivity contribution is 6.37. The van der Waals surface area contributed by atoms with Crippen LogP contribution in [0.15, 0.2) is 194 Å². The molecule has 2 unspecified atom stereocenters. The van der Waals surface area contributed by atoms with Gasteiger partial charge >= 0.3 is 0 Å². The van der Waals surface area contributed by atoms with Crippen LogP contribution >= 0.6 is 0 Å². The molecule has 0 nitrogen and oxygen atoms in total. The van der Waals surface area contributed by atoms with Crippen molar-refractivity contribution in [3.8, 4) is 0 Å². The summed E-state index contributed by atoms with van der Waals surface area (Å²) < 4.78 is 0. The molecule has 0 heterocycles. The first-order valence-electron chi connectivity index (χ1n) is 23.7. The van der Waals surface area contributed by atoms with Crippen molar-refractivity contribution in [2.45, 2.75) is 62.2 Å². The molecule has 0 heteroatoms. The number of hydrogen-bond acceptors (Lipinski definition) is 0. The SMILES string of the molecule is c1ccc(C2=C(c3ccccc3)C34C(c5ccccc5)=C(c5ccccc5)C3(C3=C2c2cc5ccc2CCc2ccc(cc23)CC5)c2cc3ccc2CCc2ccc(cc24)CC3)cc1. The van der Waals surface area contributed by atoms with Crippen molar-refractivity contribution < 1.29 is 0 Å². The standard InChI is InChI=1S/C64H48/c1-5-13-49(14-6-1)57-58-53-37-41-21-22-42-26-30-46(34-33-45(53)29-25-41)54(38-42)62(58)64-56-40-44-24-23-43-27-31-47(35-36-48(56)32-28-44)55(39-43)63(64,59(57)50-15-7-2-8-16-50)60(51-17-9-3-10-18-51)61(64)52-19-11-4-12-20-52/h1-20,25-32,37-40H,21-24,33-36H2. The van der Waals surface area contributed by atoms with Gasteiger partial charge < -0.3 is 0 Å². The maximum absolute atomic E-state index is 2.72. The van der Waals surface area contributed by atoms with E-state index in [1.54, 1.807) is 0 Å². The third kappa shape index (κ3) is 4.84. The first-order valence-corrected chi connectivity index (χ1v) is 23.7. The van der Waals surface area contributed by atoms with Gasteiger partial charge in [-0.05, 0) is 174 Å². The molecule has 64 heavy (non-hydrogen) atoms. The Hall–Kier alpha value is -7.02. The number of hydrogen-bond donors (Lipinski definition) is 0. The van der Waals surface area contributed by atoms with Crippen molar-refractivity contribution in [1.29, 1.82) is 0 Å². The van der Waals surface area contributed by atoms with Crippen LogP contribution in [0.5, 0.6) is 0 Å². The van der Waals surface area contributed by atoms with Crippen LogP contribution in [-0.4, -0.2) is 0 Å². The molecule has 304 valence electrons. The third-order valence-corrected chi connectivity index (χ3v) is 16.1. The van der Waals surface area contributed by atoms with E-state index in [4.69, 9.17) is 0 Å². The first-order chi connectivity index (χ1) is 31.7. The van der Waals surface area contributed by atoms with Gasteiger partial charge in [-0.1, -0.05) is 194 Å². The molecule has 8 aromatic carbocycles. The van der Waals surface area contributed by atoms with E-state index in [0.29, 0.717) is 0 Å². The molecule has 2 atom stereocenters. The Morgan fingerprint density at radius 3 is 1.09 bits per heavy atom. The van der Waals surface area contributed by atoms with Crippen molar-refractivity contribution in [3.63, 3.8) is 0 Å². The molecule has 0 aliphatic heterocycles. The van der Waals surface area contributed by atoms with Crippen LogP contribution in [-0.2, 0) is 62.2 Å². The lowest BCUT2D eigenvalue weighted by Gasteiger charge is -2.68. The van der Waals surface area contributed by atoms with Gasteiger partial charge in [0.1, 0.15) is 0 Å². The molecule has 0 N–H and O–H groups in total. The molecule has 8 bridgehead atoms. The Morgan fingerprint density at radius 2 is 0.609 bits per heavy atom. The van der Waals surface area contributed by atoms with Crippen LogP contribution < -0.4 is 0 Å². The summed E-state index contributed by atoms with van der Waals surface area (Å²) in [5, 5.41) is 0. The second-order valence-corrected chi connectivity index (χ2v) is 19.2. The molecule has 6 aliphatic rings. The fourth-order valence-corrected chi connectivity index (χ4v) is 13.5. The van der Waals surface area contributed by atoms with E-state index in [2.05, 4.69) is 194 Å². The van der Waals surface area contributed by atoms with Crippen molar-refractivity contribution >= 4 is 33.4 Å². The highest BCUT2D eigenvalue weighted by Gasteiger charge is 2.73. The molecule has 0 fully saturated rings. The number of fused-ring (bicyclic) bond motifs is 4. The van der Waals surface area contributed by atoms with E-state index in [9.17, 15) is 0 Å². The summed E-state index contributed by atoms with van der Waals surface area (Å²) in [4.78, 5) is 0. The Balaban J connectivity index is 1.37. The molecule has 0 saturated carbocycles.